The second kappa shape index (κ2) is 27.3. The lowest BCUT2D eigenvalue weighted by Crippen LogP contribution is -2.57. The molecule has 0 saturated heterocycles. The van der Waals surface area contributed by atoms with Crippen LogP contribution in [0.2, 0.25) is 0 Å². The topological polar surface area (TPSA) is 16.2 Å². The van der Waals surface area contributed by atoms with Gasteiger partial charge in [0.25, 0.3) is 0 Å². The van der Waals surface area contributed by atoms with Crippen LogP contribution in [-0.4, -0.2) is 39.0 Å². The molecular formula is C100H70B5N5. The summed E-state index contributed by atoms with van der Waals surface area (Å²) < 4.78 is 0. The number of rotatable bonds is 0. The Morgan fingerprint density at radius 3 is 1.22 bits per heavy atom. The molecule has 0 bridgehead atoms. The summed E-state index contributed by atoms with van der Waals surface area (Å²) in [6.45, 7) is 1.44. The third-order valence-corrected chi connectivity index (χ3v) is 23.4. The first-order valence-electron chi connectivity index (χ1n) is 38.3. The SMILES string of the molecule is C1=CN2C=Cc3ccc4ccccc4c3B2c2ccccc21.C1=Cc2c(ccc3ccccc23)N2C=Cc3ccccc3B12.C1=Cc2cc3ccccc3cc2N2C=Cc3ccccc3B12.C1=Cc2ccc3ccccc3c2N2C=Cc3ccccc3B12.C1=Cc2ccccc2N2C=Cc3ccc4ccccc4c3B12. The van der Waals surface area contributed by atoms with E-state index in [0.717, 1.165) is 0 Å². The molecule has 0 aliphatic carbocycles. The van der Waals surface area contributed by atoms with Crippen molar-refractivity contribution < 1.29 is 0 Å². The summed E-state index contributed by atoms with van der Waals surface area (Å²) in [6.07, 6.45) is 35.6. The lowest BCUT2D eigenvalue weighted by atomic mass is 9.45. The number of hydrogen-bond acceptors (Lipinski definition) is 5. The van der Waals surface area contributed by atoms with Gasteiger partial charge >= 0.3 is 34.2 Å². The van der Waals surface area contributed by atoms with E-state index in [1.165, 1.54) is 165 Å². The molecule has 0 amide bonds. The number of anilines is 4. The zero-order valence-electron chi connectivity index (χ0n) is 60.5. The summed E-state index contributed by atoms with van der Waals surface area (Å²) in [6, 6.07) is 109. The van der Waals surface area contributed by atoms with Crippen LogP contribution < -0.4 is 52.0 Å². The fourth-order valence-electron chi connectivity index (χ4n) is 18.2. The molecule has 0 spiro atoms. The van der Waals surface area contributed by atoms with Crippen molar-refractivity contribution in [3.63, 3.8) is 0 Å². The number of fused-ring (bicyclic) bond motifs is 34. The quantitative estimate of drug-likeness (QED) is 0.140. The van der Waals surface area contributed by atoms with Crippen LogP contribution in [0.4, 0.5) is 22.7 Å². The third kappa shape index (κ3) is 11.2. The van der Waals surface area contributed by atoms with Crippen molar-refractivity contribution in [1.82, 2.24) is 4.81 Å². The zero-order chi connectivity index (χ0) is 72.6. The highest BCUT2D eigenvalue weighted by molar-refractivity contribution is 6.88. The van der Waals surface area contributed by atoms with E-state index < -0.39 is 0 Å². The van der Waals surface area contributed by atoms with Crippen LogP contribution in [0.3, 0.4) is 0 Å². The molecule has 10 heterocycles. The first kappa shape index (κ1) is 64.7. The van der Waals surface area contributed by atoms with E-state index in [9.17, 15) is 0 Å². The molecule has 0 fully saturated rings. The minimum atomic E-state index is 0.271. The highest BCUT2D eigenvalue weighted by Crippen LogP contribution is 2.40. The van der Waals surface area contributed by atoms with Crippen LogP contribution in [0.15, 0.2) is 364 Å². The Balaban J connectivity index is 0.0000000873. The predicted octanol–water partition coefficient (Wildman–Crippen LogP) is 19.6. The molecule has 10 aliphatic heterocycles. The van der Waals surface area contributed by atoms with Crippen molar-refractivity contribution in [2.24, 2.45) is 0 Å². The first-order chi connectivity index (χ1) is 54.6. The van der Waals surface area contributed by atoms with Crippen LogP contribution >= 0.6 is 0 Å². The Kier molecular flexibility index (Phi) is 16.0. The van der Waals surface area contributed by atoms with E-state index in [2.05, 4.69) is 449 Å². The number of para-hydroxylation sites is 1. The van der Waals surface area contributed by atoms with Crippen LogP contribution in [-0.2, 0) is 0 Å². The largest absolute Gasteiger partial charge is 0.389 e. The molecule has 0 N–H and O–H groups in total. The molecule has 15 aromatic carbocycles. The smallest absolute Gasteiger partial charge is 0.329 e. The Hall–Kier alpha value is -13.7. The molecule has 10 aliphatic rings. The molecule has 25 rings (SSSR count). The van der Waals surface area contributed by atoms with E-state index in [-0.39, 0.29) is 13.7 Å². The number of hydrogen-bond donors (Lipinski definition) is 0. The van der Waals surface area contributed by atoms with Crippen molar-refractivity contribution >= 4 is 204 Å². The van der Waals surface area contributed by atoms with Gasteiger partial charge in [-0.1, -0.05) is 327 Å². The molecule has 0 radical (unpaired) electrons. The average molecular weight is 1400 g/mol. The highest BCUT2D eigenvalue weighted by atomic mass is 15.1. The normalized spacial score (nSPS) is 14.7. The van der Waals surface area contributed by atoms with Gasteiger partial charge in [-0.25, -0.2) is 0 Å². The van der Waals surface area contributed by atoms with Crippen molar-refractivity contribution in [2.75, 3.05) is 19.2 Å². The predicted molar refractivity (Wildman–Crippen MR) is 481 cm³/mol. The van der Waals surface area contributed by atoms with Crippen LogP contribution in [0.5, 0.6) is 0 Å². The van der Waals surface area contributed by atoms with Crippen molar-refractivity contribution in [2.45, 2.75) is 0 Å². The maximum Gasteiger partial charge on any atom is 0.329 e. The fraction of sp³-hybridized carbons (Fsp3) is 0. The molecule has 5 nitrogen and oxygen atoms in total. The van der Waals surface area contributed by atoms with E-state index >= 15 is 0 Å². The van der Waals surface area contributed by atoms with Gasteiger partial charge in [0.1, 0.15) is 0 Å². The van der Waals surface area contributed by atoms with Gasteiger partial charge in [-0.05, 0) is 229 Å². The molecule has 0 saturated carbocycles. The van der Waals surface area contributed by atoms with Gasteiger partial charge in [0, 0.05) is 33.7 Å². The first-order valence-corrected chi connectivity index (χ1v) is 38.3. The van der Waals surface area contributed by atoms with E-state index in [1.807, 2.05) is 0 Å². The van der Waals surface area contributed by atoms with Gasteiger partial charge < -0.3 is 24.1 Å². The standard InChI is InChI=1S/5C20H14BN/c1-3-7-18-15(5-1)9-10-17-11-13-21-19-8-4-2-6-16(19)12-14-22(21)20(17)18;1-3-7-17-15(5-1)9-10-20-18(17)11-13-21-19-8-4-2-6-16(19)12-14-22(20)21;1-3-7-18-15(5-1)9-10-17-12-14-22-13-11-16-6-2-4-8-19(16)21(22)20(17)18;1-3-7-18-15(5-1)9-10-17-12-14-22-19-8-4-2-6-16(19)11-13-21(22)20(17)18;1-2-7-17-14-20-18(13-16(17)6-1)9-11-21-19-8-4-3-5-15(19)10-12-22(20)21/h5*1-14H. The fourth-order valence-corrected chi connectivity index (χ4v) is 18.2. The van der Waals surface area contributed by atoms with Gasteiger partial charge in [-0.2, -0.15) is 0 Å². The lowest BCUT2D eigenvalue weighted by molar-refractivity contribution is 0.804. The Morgan fingerprint density at radius 2 is 0.582 bits per heavy atom. The Labute approximate surface area is 644 Å². The van der Waals surface area contributed by atoms with Crippen molar-refractivity contribution in [3.8, 4) is 0 Å². The summed E-state index contributed by atoms with van der Waals surface area (Å²) >= 11 is 0. The van der Waals surface area contributed by atoms with Crippen molar-refractivity contribution in [1.29, 1.82) is 0 Å². The van der Waals surface area contributed by atoms with E-state index in [0.29, 0.717) is 20.5 Å². The van der Waals surface area contributed by atoms with Gasteiger partial charge in [0.05, 0.1) is 0 Å². The second-order valence-corrected chi connectivity index (χ2v) is 29.4. The van der Waals surface area contributed by atoms with Crippen molar-refractivity contribution in [3.05, 3.63) is 420 Å². The van der Waals surface area contributed by atoms with Gasteiger partial charge in [0.2, 0.25) is 0 Å². The Morgan fingerprint density at radius 1 is 0.200 bits per heavy atom. The number of benzene rings is 15. The molecule has 110 heavy (non-hydrogen) atoms. The lowest BCUT2D eigenvalue weighted by Gasteiger charge is -2.35. The third-order valence-electron chi connectivity index (χ3n) is 23.4. The molecule has 510 valence electrons. The minimum absolute atomic E-state index is 0.271. The van der Waals surface area contributed by atoms with Crippen LogP contribution in [0.1, 0.15) is 55.6 Å². The average Bonchev–Trinajstić information content (AvgIpc) is 0.758. The monoisotopic (exact) mass is 1400 g/mol. The Bertz CT molecular complexity index is 6410. The molecular weight excluding hydrogens is 1330 g/mol. The summed E-state index contributed by atoms with van der Waals surface area (Å²) in [5.41, 5.74) is 26.6. The molecule has 0 atom stereocenters. The molecule has 10 heteroatoms. The molecule has 0 unspecified atom stereocenters. The van der Waals surface area contributed by atoms with E-state index in [1.54, 1.807) is 0 Å². The number of nitrogens with zero attached hydrogens (tertiary/aromatic N) is 5. The van der Waals surface area contributed by atoms with E-state index in [4.69, 9.17) is 0 Å². The highest BCUT2D eigenvalue weighted by Gasteiger charge is 2.37. The molecule has 15 aromatic rings. The van der Waals surface area contributed by atoms with Crippen LogP contribution in [0.25, 0.3) is 115 Å². The summed E-state index contributed by atoms with van der Waals surface area (Å²) in [7, 11) is 0. The summed E-state index contributed by atoms with van der Waals surface area (Å²) in [4.78, 5) is 11.9. The van der Waals surface area contributed by atoms with Gasteiger partial charge in [-0.15, -0.1) is 0 Å². The zero-order valence-corrected chi connectivity index (χ0v) is 60.5. The van der Waals surface area contributed by atoms with Crippen LogP contribution in [0, 0.1) is 0 Å². The van der Waals surface area contributed by atoms with Gasteiger partial charge in [-0.3, -0.25) is 0 Å². The minimum Gasteiger partial charge on any atom is -0.389 e. The second-order valence-electron chi connectivity index (χ2n) is 29.4. The van der Waals surface area contributed by atoms with Gasteiger partial charge in [0.15, 0.2) is 0 Å². The molecule has 0 aromatic heterocycles. The summed E-state index contributed by atoms with van der Waals surface area (Å²) in [5, 5.41) is 13.1. The maximum absolute atomic E-state index is 2.40. The summed E-state index contributed by atoms with van der Waals surface area (Å²) in [5.74, 6) is 9.24. The maximum atomic E-state index is 2.40.